The van der Waals surface area contributed by atoms with Crippen LogP contribution in [0.1, 0.15) is 0 Å². The fourth-order valence-electron chi connectivity index (χ4n) is 1.22. The van der Waals surface area contributed by atoms with Crippen molar-refractivity contribution in [2.75, 3.05) is 0 Å². The van der Waals surface area contributed by atoms with Crippen molar-refractivity contribution >= 4 is 24.1 Å². The summed E-state index contributed by atoms with van der Waals surface area (Å²) in [6.07, 6.45) is 3.50. The Morgan fingerprint density at radius 1 is 0.800 bits per heavy atom. The molecular weight excluding hydrogens is 249 g/mol. The van der Waals surface area contributed by atoms with Crippen LogP contribution in [0.25, 0.3) is 9.65 Å². The third-order valence-corrected chi connectivity index (χ3v) is 3.81. The first kappa shape index (κ1) is 10.2. The maximum Gasteiger partial charge on any atom is 0.0267 e. The first-order chi connectivity index (χ1) is 7.47. The van der Waals surface area contributed by atoms with E-state index in [1.807, 2.05) is 18.2 Å². The van der Waals surface area contributed by atoms with E-state index in [4.69, 9.17) is 0 Å². The van der Waals surface area contributed by atoms with Gasteiger partial charge in [-0.2, -0.15) is 0 Å². The number of hydrogen-bond acceptors (Lipinski definition) is 1. The summed E-state index contributed by atoms with van der Waals surface area (Å²) >= 11 is 0.622. The molecular formula is C13H11NSe. The molecule has 0 radical (unpaired) electrons. The predicted molar refractivity (Wildman–Crippen MR) is 65.1 cm³/mol. The molecule has 0 bridgehead atoms. The Bertz CT molecular complexity index is 445. The first-order valence-corrected chi connectivity index (χ1v) is 6.58. The maximum absolute atomic E-state index is 3.78. The topological polar surface area (TPSA) is 12.9 Å². The molecule has 1 nitrogen and oxygen atoms in total. The quantitative estimate of drug-likeness (QED) is 0.566. The van der Waals surface area contributed by atoms with Gasteiger partial charge in [0.25, 0.3) is 0 Å². The van der Waals surface area contributed by atoms with Gasteiger partial charge >= 0.3 is 59.4 Å². The SMILES string of the molecule is c1ccc2[se]ccc2c1.c1ccncc1. The van der Waals surface area contributed by atoms with Crippen LogP contribution in [0, 0.1) is 0 Å². The van der Waals surface area contributed by atoms with Gasteiger partial charge in [-0.15, -0.1) is 0 Å². The van der Waals surface area contributed by atoms with Crippen molar-refractivity contribution in [1.29, 1.82) is 0 Å². The van der Waals surface area contributed by atoms with Gasteiger partial charge in [-0.1, -0.05) is 6.07 Å². The number of pyridine rings is 1. The molecule has 3 rings (SSSR count). The van der Waals surface area contributed by atoms with Crippen LogP contribution >= 0.6 is 0 Å². The molecule has 1 aromatic carbocycles. The molecule has 0 fully saturated rings. The average molecular weight is 260 g/mol. The number of fused-ring (bicyclic) bond motifs is 1. The van der Waals surface area contributed by atoms with E-state index in [1.54, 1.807) is 12.4 Å². The van der Waals surface area contributed by atoms with Gasteiger partial charge in [-0.3, -0.25) is 4.98 Å². The summed E-state index contributed by atoms with van der Waals surface area (Å²) in [7, 11) is 0. The van der Waals surface area contributed by atoms with Gasteiger partial charge in [-0.25, -0.2) is 0 Å². The van der Waals surface area contributed by atoms with E-state index in [-0.39, 0.29) is 0 Å². The summed E-state index contributed by atoms with van der Waals surface area (Å²) < 4.78 is 1.52. The molecule has 2 aromatic heterocycles. The number of benzene rings is 1. The van der Waals surface area contributed by atoms with Gasteiger partial charge in [-0.05, 0) is 12.1 Å². The molecule has 0 aliphatic rings. The van der Waals surface area contributed by atoms with Crippen LogP contribution in [-0.2, 0) is 0 Å². The molecule has 0 aliphatic heterocycles. The minimum absolute atomic E-state index is 0.622. The van der Waals surface area contributed by atoms with Crippen molar-refractivity contribution in [3.05, 3.63) is 65.9 Å². The van der Waals surface area contributed by atoms with Gasteiger partial charge in [0.1, 0.15) is 0 Å². The van der Waals surface area contributed by atoms with Gasteiger partial charge in [0.15, 0.2) is 0 Å². The number of aromatic nitrogens is 1. The average Bonchev–Trinajstić information content (AvgIpc) is 2.80. The van der Waals surface area contributed by atoms with Crippen LogP contribution < -0.4 is 0 Å². The van der Waals surface area contributed by atoms with Crippen molar-refractivity contribution in [2.45, 2.75) is 0 Å². The second kappa shape index (κ2) is 5.50. The van der Waals surface area contributed by atoms with Crippen molar-refractivity contribution in [3.63, 3.8) is 0 Å². The van der Waals surface area contributed by atoms with Crippen LogP contribution in [0.3, 0.4) is 0 Å². The number of rotatable bonds is 0. The standard InChI is InChI=1S/C8H6Se.C5H5N/c1-2-4-8-7(3-1)5-6-9-8;1-2-4-6-5-3-1/h1-6H;1-5H. The molecule has 0 saturated carbocycles. The summed E-state index contributed by atoms with van der Waals surface area (Å²) in [5.41, 5.74) is 0. The van der Waals surface area contributed by atoms with Gasteiger partial charge < -0.3 is 0 Å². The molecule has 15 heavy (non-hydrogen) atoms. The fourth-order valence-corrected chi connectivity index (χ4v) is 2.88. The Labute approximate surface area is 95.2 Å². The molecule has 0 unspecified atom stereocenters. The largest absolute Gasteiger partial charge is 0.265 e. The maximum atomic E-state index is 3.78. The van der Waals surface area contributed by atoms with Crippen molar-refractivity contribution in [3.8, 4) is 0 Å². The molecule has 74 valence electrons. The van der Waals surface area contributed by atoms with Crippen molar-refractivity contribution in [2.24, 2.45) is 0 Å². The molecule has 0 amide bonds. The molecule has 0 saturated heterocycles. The van der Waals surface area contributed by atoms with E-state index in [1.165, 1.54) is 9.65 Å². The van der Waals surface area contributed by atoms with Crippen molar-refractivity contribution in [1.82, 2.24) is 4.98 Å². The Morgan fingerprint density at radius 2 is 1.60 bits per heavy atom. The van der Waals surface area contributed by atoms with Crippen LogP contribution in [0.15, 0.2) is 65.9 Å². The van der Waals surface area contributed by atoms with E-state index in [0.717, 1.165) is 0 Å². The molecule has 3 aromatic rings. The molecule has 0 atom stereocenters. The predicted octanol–water partition coefficient (Wildman–Crippen LogP) is 2.98. The van der Waals surface area contributed by atoms with Crippen LogP contribution in [0.2, 0.25) is 0 Å². The monoisotopic (exact) mass is 261 g/mol. The summed E-state index contributed by atoms with van der Waals surface area (Å²) in [4.78, 5) is 6.05. The second-order valence-corrected chi connectivity index (χ2v) is 4.97. The third-order valence-electron chi connectivity index (χ3n) is 1.93. The van der Waals surface area contributed by atoms with E-state index in [2.05, 4.69) is 40.3 Å². The van der Waals surface area contributed by atoms with Crippen LogP contribution in [-0.4, -0.2) is 19.5 Å². The zero-order valence-electron chi connectivity index (χ0n) is 8.21. The van der Waals surface area contributed by atoms with E-state index in [9.17, 15) is 0 Å². The van der Waals surface area contributed by atoms with E-state index < -0.39 is 0 Å². The smallest absolute Gasteiger partial charge is 0.0267 e. The summed E-state index contributed by atoms with van der Waals surface area (Å²) in [5.74, 6) is 0. The van der Waals surface area contributed by atoms with Crippen LogP contribution in [0.4, 0.5) is 0 Å². The summed E-state index contributed by atoms with van der Waals surface area (Å²) in [6.45, 7) is 0. The normalized spacial score (nSPS) is 9.33. The Balaban J connectivity index is 0.000000124. The minimum atomic E-state index is 0.622. The van der Waals surface area contributed by atoms with Crippen molar-refractivity contribution < 1.29 is 0 Å². The summed E-state index contributed by atoms with van der Waals surface area (Å²) in [6, 6.07) is 16.5. The Morgan fingerprint density at radius 3 is 2.20 bits per heavy atom. The van der Waals surface area contributed by atoms with E-state index >= 15 is 0 Å². The van der Waals surface area contributed by atoms with E-state index in [0.29, 0.717) is 14.5 Å². The molecule has 0 spiro atoms. The molecule has 2 heteroatoms. The Hall–Kier alpha value is -1.37. The van der Waals surface area contributed by atoms with Gasteiger partial charge in [0.2, 0.25) is 0 Å². The zero-order valence-corrected chi connectivity index (χ0v) is 9.92. The minimum Gasteiger partial charge on any atom is -0.265 e. The second-order valence-electron chi connectivity index (χ2n) is 2.98. The zero-order chi connectivity index (χ0) is 10.3. The Kier molecular flexibility index (Phi) is 3.72. The van der Waals surface area contributed by atoms with Crippen LogP contribution in [0.5, 0.6) is 0 Å². The fraction of sp³-hybridized carbons (Fsp3) is 0. The van der Waals surface area contributed by atoms with Gasteiger partial charge in [0.05, 0.1) is 0 Å². The number of hydrogen-bond donors (Lipinski definition) is 0. The summed E-state index contributed by atoms with van der Waals surface area (Å²) in [5, 5.41) is 1.41. The molecule has 0 aliphatic carbocycles. The number of nitrogens with zero attached hydrogens (tertiary/aromatic N) is 1. The van der Waals surface area contributed by atoms with Gasteiger partial charge in [0, 0.05) is 12.4 Å². The molecule has 2 heterocycles. The first-order valence-electron chi connectivity index (χ1n) is 4.74. The molecule has 0 N–H and O–H groups in total. The third kappa shape index (κ3) is 3.05.